The lowest BCUT2D eigenvalue weighted by molar-refractivity contribution is -0.116. The third-order valence-corrected chi connectivity index (χ3v) is 4.93. The van der Waals surface area contributed by atoms with Crippen LogP contribution in [-0.2, 0) is 11.2 Å². The Morgan fingerprint density at radius 2 is 2.00 bits per heavy atom. The number of aromatic nitrogens is 1. The van der Waals surface area contributed by atoms with Crippen LogP contribution in [0.4, 0.5) is 5.13 Å². The van der Waals surface area contributed by atoms with Crippen molar-refractivity contribution in [3.63, 3.8) is 0 Å². The second-order valence-corrected chi connectivity index (χ2v) is 7.11. The van der Waals surface area contributed by atoms with E-state index in [0.717, 1.165) is 16.9 Å². The molecule has 5 heteroatoms. The van der Waals surface area contributed by atoms with Gasteiger partial charge < -0.3 is 5.32 Å². The highest BCUT2D eigenvalue weighted by atomic mass is 35.5. The zero-order valence-corrected chi connectivity index (χ0v) is 14.8. The van der Waals surface area contributed by atoms with E-state index in [1.165, 1.54) is 22.5 Å². The Hall–Kier alpha value is -2.17. The normalized spacial score (nSPS) is 11.9. The Kier molecular flexibility index (Phi) is 5.28. The van der Waals surface area contributed by atoms with E-state index in [9.17, 15) is 4.79 Å². The van der Waals surface area contributed by atoms with E-state index in [0.29, 0.717) is 5.13 Å². The molecule has 0 fully saturated rings. The zero-order chi connectivity index (χ0) is 16.9. The summed E-state index contributed by atoms with van der Waals surface area (Å²) in [7, 11) is 0. The minimum atomic E-state index is -0.727. The molecule has 0 unspecified atom stereocenters. The van der Waals surface area contributed by atoms with Crippen LogP contribution in [0.2, 0.25) is 0 Å². The molecule has 0 aliphatic heterocycles. The number of carbonyl (C=O) groups is 1. The number of carbonyl (C=O) groups excluding carboxylic acids is 1. The summed E-state index contributed by atoms with van der Waals surface area (Å²) < 4.78 is 0. The van der Waals surface area contributed by atoms with Gasteiger partial charge in [0.05, 0.1) is 0 Å². The van der Waals surface area contributed by atoms with E-state index in [1.807, 2.05) is 36.4 Å². The molecule has 1 N–H and O–H groups in total. The zero-order valence-electron chi connectivity index (χ0n) is 13.2. The Morgan fingerprint density at radius 1 is 1.21 bits per heavy atom. The molecular formula is C19H17ClN2OS. The van der Waals surface area contributed by atoms with E-state index in [2.05, 4.69) is 35.4 Å². The molecule has 0 radical (unpaired) electrons. The molecule has 0 bridgehead atoms. The molecule has 1 amide bonds. The molecular weight excluding hydrogens is 340 g/mol. The second kappa shape index (κ2) is 7.60. The quantitative estimate of drug-likeness (QED) is 0.656. The monoisotopic (exact) mass is 356 g/mol. The van der Waals surface area contributed by atoms with Crippen LogP contribution in [0.5, 0.6) is 0 Å². The van der Waals surface area contributed by atoms with Crippen LogP contribution in [0.1, 0.15) is 26.9 Å². The molecule has 0 saturated heterocycles. The number of hydrogen-bond acceptors (Lipinski definition) is 3. The van der Waals surface area contributed by atoms with Gasteiger partial charge in [-0.15, -0.1) is 22.9 Å². The van der Waals surface area contributed by atoms with Gasteiger partial charge in [0.15, 0.2) is 5.13 Å². The van der Waals surface area contributed by atoms with Gasteiger partial charge >= 0.3 is 0 Å². The number of aryl methyl sites for hydroxylation is 1. The Bertz CT molecular complexity index is 832. The molecule has 3 aromatic rings. The molecule has 0 saturated carbocycles. The van der Waals surface area contributed by atoms with Crippen molar-refractivity contribution in [2.24, 2.45) is 0 Å². The van der Waals surface area contributed by atoms with Crippen molar-refractivity contribution in [3.05, 3.63) is 82.4 Å². The number of hydrogen-bond donors (Lipinski definition) is 1. The summed E-state index contributed by atoms with van der Waals surface area (Å²) in [5.41, 5.74) is 3.24. The van der Waals surface area contributed by atoms with Crippen molar-refractivity contribution >= 4 is 34.0 Å². The van der Waals surface area contributed by atoms with Crippen LogP contribution in [0.3, 0.4) is 0 Å². The Balaban J connectivity index is 1.64. The largest absolute Gasteiger partial charge is 0.300 e. The molecule has 2 aromatic carbocycles. The van der Waals surface area contributed by atoms with Crippen molar-refractivity contribution in [2.75, 3.05) is 5.32 Å². The fourth-order valence-corrected chi connectivity index (χ4v) is 3.46. The van der Waals surface area contributed by atoms with Crippen LogP contribution >= 0.6 is 22.9 Å². The minimum Gasteiger partial charge on any atom is -0.300 e. The number of rotatable bonds is 5. The smallest absolute Gasteiger partial charge is 0.248 e. The summed E-state index contributed by atoms with van der Waals surface area (Å²) in [5.74, 6) is -0.265. The third-order valence-electron chi connectivity index (χ3n) is 3.57. The second-order valence-electron chi connectivity index (χ2n) is 5.56. The fraction of sp³-hybridized carbons (Fsp3) is 0.158. The first-order chi connectivity index (χ1) is 11.6. The summed E-state index contributed by atoms with van der Waals surface area (Å²) in [6.07, 6.45) is 2.60. The number of alkyl halides is 1. The lowest BCUT2D eigenvalue weighted by atomic mass is 10.1. The maximum Gasteiger partial charge on any atom is 0.248 e. The molecule has 122 valence electrons. The molecule has 1 aromatic heterocycles. The first kappa shape index (κ1) is 16.7. The van der Waals surface area contributed by atoms with Gasteiger partial charge in [-0.3, -0.25) is 4.79 Å². The molecule has 0 spiro atoms. The van der Waals surface area contributed by atoms with Crippen molar-refractivity contribution in [1.82, 2.24) is 4.98 Å². The van der Waals surface area contributed by atoms with Crippen LogP contribution < -0.4 is 5.32 Å². The molecule has 0 aliphatic carbocycles. The number of thiazole rings is 1. The van der Waals surface area contributed by atoms with Gasteiger partial charge in [0.1, 0.15) is 5.38 Å². The van der Waals surface area contributed by atoms with Crippen molar-refractivity contribution in [1.29, 1.82) is 0 Å². The highest BCUT2D eigenvalue weighted by Gasteiger charge is 2.18. The van der Waals surface area contributed by atoms with Gasteiger partial charge in [0.2, 0.25) is 5.91 Å². The number of benzene rings is 2. The number of halogens is 1. The predicted octanol–water partition coefficient (Wildman–Crippen LogP) is 4.96. The standard InChI is InChI=1S/C19H17ClN2OS/c1-13-6-5-7-14(10-13)11-16-12-21-19(24-16)22-18(23)17(20)15-8-3-2-4-9-15/h2-10,12,17H,11H2,1H3,(H,21,22,23)/t17-/m0/s1. The van der Waals surface area contributed by atoms with E-state index in [1.54, 1.807) is 6.20 Å². The molecule has 0 aliphatic rings. The average molecular weight is 357 g/mol. The SMILES string of the molecule is Cc1cccc(Cc2cnc(NC(=O)[C@@H](Cl)c3ccccc3)s2)c1. The van der Waals surface area contributed by atoms with Crippen molar-refractivity contribution in [3.8, 4) is 0 Å². The molecule has 24 heavy (non-hydrogen) atoms. The van der Waals surface area contributed by atoms with Crippen LogP contribution in [0, 0.1) is 6.92 Å². The summed E-state index contributed by atoms with van der Waals surface area (Å²) in [5, 5.41) is 2.64. The maximum absolute atomic E-state index is 12.2. The fourth-order valence-electron chi connectivity index (χ4n) is 2.41. The molecule has 3 rings (SSSR count). The van der Waals surface area contributed by atoms with Gasteiger partial charge in [-0.05, 0) is 18.1 Å². The predicted molar refractivity (Wildman–Crippen MR) is 99.8 cm³/mol. The molecule has 3 nitrogen and oxygen atoms in total. The van der Waals surface area contributed by atoms with Gasteiger partial charge in [-0.25, -0.2) is 4.98 Å². The number of anilines is 1. The average Bonchev–Trinajstić information content (AvgIpc) is 3.02. The summed E-state index contributed by atoms with van der Waals surface area (Å²) >= 11 is 7.70. The minimum absolute atomic E-state index is 0.265. The number of nitrogens with one attached hydrogen (secondary N) is 1. The third kappa shape index (κ3) is 4.22. The maximum atomic E-state index is 12.2. The van der Waals surface area contributed by atoms with E-state index in [4.69, 9.17) is 11.6 Å². The number of amides is 1. The first-order valence-corrected chi connectivity index (χ1v) is 8.87. The summed E-state index contributed by atoms with van der Waals surface area (Å²) in [6, 6.07) is 17.7. The van der Waals surface area contributed by atoms with Gasteiger partial charge in [-0.2, -0.15) is 0 Å². The molecule has 1 atom stereocenters. The first-order valence-electron chi connectivity index (χ1n) is 7.62. The highest BCUT2D eigenvalue weighted by molar-refractivity contribution is 7.15. The van der Waals surface area contributed by atoms with Crippen molar-refractivity contribution < 1.29 is 4.79 Å². The van der Waals surface area contributed by atoms with Crippen molar-refractivity contribution in [2.45, 2.75) is 18.7 Å². The van der Waals surface area contributed by atoms with E-state index < -0.39 is 5.38 Å². The lowest BCUT2D eigenvalue weighted by Crippen LogP contribution is -2.17. The van der Waals surface area contributed by atoms with E-state index in [-0.39, 0.29) is 5.91 Å². The van der Waals surface area contributed by atoms with Crippen LogP contribution in [-0.4, -0.2) is 10.9 Å². The van der Waals surface area contributed by atoms with Crippen LogP contribution in [0.25, 0.3) is 0 Å². The Morgan fingerprint density at radius 3 is 2.75 bits per heavy atom. The molecule has 1 heterocycles. The topological polar surface area (TPSA) is 42.0 Å². The van der Waals surface area contributed by atoms with E-state index >= 15 is 0 Å². The van der Waals surface area contributed by atoms with Crippen LogP contribution in [0.15, 0.2) is 60.8 Å². The van der Waals surface area contributed by atoms with Gasteiger partial charge in [0.25, 0.3) is 0 Å². The summed E-state index contributed by atoms with van der Waals surface area (Å²) in [4.78, 5) is 17.6. The van der Waals surface area contributed by atoms with Gasteiger partial charge in [-0.1, -0.05) is 60.2 Å². The Labute approximate surface area is 150 Å². The van der Waals surface area contributed by atoms with Gasteiger partial charge in [0, 0.05) is 17.5 Å². The lowest BCUT2D eigenvalue weighted by Gasteiger charge is -2.08. The number of nitrogens with zero attached hydrogens (tertiary/aromatic N) is 1. The summed E-state index contributed by atoms with van der Waals surface area (Å²) in [6.45, 7) is 2.08. The highest BCUT2D eigenvalue weighted by Crippen LogP contribution is 2.25.